The minimum atomic E-state index is -0.794. The first-order valence-electron chi connectivity index (χ1n) is 31.5. The van der Waals surface area contributed by atoms with Gasteiger partial charge in [0, 0.05) is 19.3 Å². The van der Waals surface area contributed by atoms with E-state index >= 15 is 0 Å². The number of hydrogen-bond acceptors (Lipinski definition) is 6. The highest BCUT2D eigenvalue weighted by molar-refractivity contribution is 5.71. The van der Waals surface area contributed by atoms with E-state index in [2.05, 4.69) is 142 Å². The first kappa shape index (κ1) is 71.8. The summed E-state index contributed by atoms with van der Waals surface area (Å²) < 4.78 is 16.9. The van der Waals surface area contributed by atoms with Crippen molar-refractivity contribution in [2.75, 3.05) is 13.2 Å². The van der Waals surface area contributed by atoms with E-state index < -0.39 is 6.10 Å². The van der Waals surface area contributed by atoms with Gasteiger partial charge >= 0.3 is 17.9 Å². The van der Waals surface area contributed by atoms with Crippen LogP contribution in [0.4, 0.5) is 0 Å². The second kappa shape index (κ2) is 63.3. The maximum atomic E-state index is 12.9. The largest absolute Gasteiger partial charge is 0.462 e. The normalized spacial score (nSPS) is 12.9. The van der Waals surface area contributed by atoms with Gasteiger partial charge in [-0.25, -0.2) is 0 Å². The average Bonchev–Trinajstić information content (AvgIpc) is 3.42. The molecule has 6 heteroatoms. The number of rotatable bonds is 56. The molecule has 0 aromatic rings. The van der Waals surface area contributed by atoms with E-state index in [1.165, 1.54) is 96.3 Å². The van der Waals surface area contributed by atoms with Crippen LogP contribution in [-0.4, -0.2) is 37.2 Å². The van der Waals surface area contributed by atoms with Crippen LogP contribution in [0.25, 0.3) is 0 Å². The number of allylic oxidation sites excluding steroid dienone is 20. The van der Waals surface area contributed by atoms with E-state index in [1.807, 2.05) is 0 Å². The van der Waals surface area contributed by atoms with Crippen LogP contribution < -0.4 is 0 Å². The standard InChI is InChI=1S/C70H116O6/c1-4-7-10-13-16-19-22-24-26-28-29-30-31-32-33-34-35-36-37-38-39-40-41-42-44-45-48-51-54-57-60-63-69(72)75-66-67(65-74-68(71)62-59-56-53-50-47-21-18-15-12-9-6-3)76-70(73)64-61-58-55-52-49-46-43-27-25-23-20-17-14-11-8-5-2/h7,10,15-16,18-19,24,26-27,29-30,32-33,35-36,38-39,41-43,67H,4-6,8-9,11-14,17,20-23,25,28,31,34,37,40,44-66H2,1-3H3/b10-7-,18-15-,19-16-,26-24-,30-29-,33-32-,36-35-,39-38-,42-41-,43-27-. The fourth-order valence-corrected chi connectivity index (χ4v) is 8.43. The van der Waals surface area contributed by atoms with E-state index in [9.17, 15) is 14.4 Å². The Balaban J connectivity index is 4.30. The Labute approximate surface area is 469 Å². The number of hydrogen-bond donors (Lipinski definition) is 0. The highest BCUT2D eigenvalue weighted by Gasteiger charge is 2.19. The van der Waals surface area contributed by atoms with Crippen molar-refractivity contribution < 1.29 is 28.6 Å². The second-order valence-corrected chi connectivity index (χ2v) is 20.6. The third-order valence-electron chi connectivity index (χ3n) is 13.2. The van der Waals surface area contributed by atoms with E-state index in [-0.39, 0.29) is 31.1 Å². The smallest absolute Gasteiger partial charge is 0.306 e. The van der Waals surface area contributed by atoms with Crippen molar-refractivity contribution in [2.45, 2.75) is 290 Å². The number of esters is 3. The Morgan fingerprint density at radius 3 is 0.855 bits per heavy atom. The summed E-state index contributed by atoms with van der Waals surface area (Å²) in [6, 6.07) is 0. The van der Waals surface area contributed by atoms with Gasteiger partial charge in [0.05, 0.1) is 0 Å². The van der Waals surface area contributed by atoms with Gasteiger partial charge in [-0.15, -0.1) is 0 Å². The zero-order valence-corrected chi connectivity index (χ0v) is 49.5. The molecule has 1 atom stereocenters. The van der Waals surface area contributed by atoms with Crippen molar-refractivity contribution in [3.05, 3.63) is 122 Å². The van der Waals surface area contributed by atoms with Gasteiger partial charge in [0.25, 0.3) is 0 Å². The van der Waals surface area contributed by atoms with Crippen LogP contribution >= 0.6 is 0 Å². The van der Waals surface area contributed by atoms with Gasteiger partial charge in [-0.1, -0.05) is 258 Å². The van der Waals surface area contributed by atoms with Gasteiger partial charge in [-0.05, 0) is 128 Å². The molecule has 0 aliphatic carbocycles. The molecule has 0 spiro atoms. The van der Waals surface area contributed by atoms with Crippen molar-refractivity contribution in [3.63, 3.8) is 0 Å². The first-order chi connectivity index (χ1) is 37.5. The van der Waals surface area contributed by atoms with Crippen LogP contribution in [-0.2, 0) is 28.6 Å². The molecule has 6 nitrogen and oxygen atoms in total. The summed E-state index contributed by atoms with van der Waals surface area (Å²) in [7, 11) is 0. The first-order valence-corrected chi connectivity index (χ1v) is 31.5. The molecule has 0 aromatic heterocycles. The Kier molecular flexibility index (Phi) is 59.9. The quantitative estimate of drug-likeness (QED) is 0.0261. The molecule has 0 saturated heterocycles. The maximum Gasteiger partial charge on any atom is 0.306 e. The molecule has 0 heterocycles. The maximum absolute atomic E-state index is 12.9. The second-order valence-electron chi connectivity index (χ2n) is 20.6. The molecule has 0 aromatic carbocycles. The van der Waals surface area contributed by atoms with Crippen LogP contribution in [0.3, 0.4) is 0 Å². The molecule has 0 fully saturated rings. The molecule has 0 saturated carbocycles. The Bertz CT molecular complexity index is 1590. The minimum absolute atomic E-state index is 0.0916. The lowest BCUT2D eigenvalue weighted by atomic mass is 10.1. The summed E-state index contributed by atoms with van der Waals surface area (Å²) in [4.78, 5) is 38.2. The molecule has 432 valence electrons. The molecule has 0 N–H and O–H groups in total. The van der Waals surface area contributed by atoms with Gasteiger partial charge in [0.2, 0.25) is 0 Å². The molecule has 0 bridgehead atoms. The van der Waals surface area contributed by atoms with E-state index in [0.29, 0.717) is 19.3 Å². The van der Waals surface area contributed by atoms with Crippen molar-refractivity contribution in [2.24, 2.45) is 0 Å². The Morgan fingerprint density at radius 1 is 0.276 bits per heavy atom. The lowest BCUT2D eigenvalue weighted by Crippen LogP contribution is -2.30. The zero-order chi connectivity index (χ0) is 55.0. The Morgan fingerprint density at radius 2 is 0.526 bits per heavy atom. The summed E-state index contributed by atoms with van der Waals surface area (Å²) >= 11 is 0. The van der Waals surface area contributed by atoms with E-state index in [1.54, 1.807) is 0 Å². The predicted octanol–water partition coefficient (Wildman–Crippen LogP) is 21.6. The van der Waals surface area contributed by atoms with Crippen LogP contribution in [0.15, 0.2) is 122 Å². The average molecular weight is 1050 g/mol. The van der Waals surface area contributed by atoms with Gasteiger partial charge in [0.1, 0.15) is 13.2 Å². The predicted molar refractivity (Wildman–Crippen MR) is 330 cm³/mol. The SMILES string of the molecule is CC/C=C\C/C=C\C/C=C\C/C=C\C/C=C\C/C=C\C/C=C\C/C=C\CCCCCCCCC(=O)OCC(COC(=O)CCCCCCC/C=C\CCCC)OC(=O)CCCCCCC/C=C\CCCCCCCCC. The number of ether oxygens (including phenoxy) is 3. The molecular formula is C70H116O6. The molecular weight excluding hydrogens is 937 g/mol. The summed E-state index contributed by atoms with van der Waals surface area (Å²) in [6.45, 7) is 6.46. The lowest BCUT2D eigenvalue weighted by molar-refractivity contribution is -0.167. The minimum Gasteiger partial charge on any atom is -0.462 e. The van der Waals surface area contributed by atoms with Crippen LogP contribution in [0.2, 0.25) is 0 Å². The van der Waals surface area contributed by atoms with Crippen molar-refractivity contribution >= 4 is 17.9 Å². The van der Waals surface area contributed by atoms with Crippen molar-refractivity contribution in [1.82, 2.24) is 0 Å². The van der Waals surface area contributed by atoms with Gasteiger partial charge in [-0.3, -0.25) is 14.4 Å². The zero-order valence-electron chi connectivity index (χ0n) is 49.5. The third kappa shape index (κ3) is 60.7. The highest BCUT2D eigenvalue weighted by atomic mass is 16.6. The molecule has 0 aliphatic rings. The van der Waals surface area contributed by atoms with E-state index in [4.69, 9.17) is 14.2 Å². The molecule has 76 heavy (non-hydrogen) atoms. The number of carbonyl (C=O) groups excluding carboxylic acids is 3. The van der Waals surface area contributed by atoms with Crippen molar-refractivity contribution in [3.8, 4) is 0 Å². The van der Waals surface area contributed by atoms with Crippen molar-refractivity contribution in [1.29, 1.82) is 0 Å². The topological polar surface area (TPSA) is 78.9 Å². The summed E-state index contributed by atoms with van der Waals surface area (Å²) in [5.41, 5.74) is 0. The van der Waals surface area contributed by atoms with Gasteiger partial charge in [-0.2, -0.15) is 0 Å². The third-order valence-corrected chi connectivity index (χ3v) is 13.2. The summed E-state index contributed by atoms with van der Waals surface area (Å²) in [5.74, 6) is -0.922. The van der Waals surface area contributed by atoms with Crippen LogP contribution in [0, 0.1) is 0 Å². The molecule has 0 amide bonds. The molecule has 0 radical (unpaired) electrons. The van der Waals surface area contributed by atoms with Gasteiger partial charge < -0.3 is 14.2 Å². The summed E-state index contributed by atoms with van der Waals surface area (Å²) in [6.07, 6.45) is 87.8. The molecule has 0 aliphatic heterocycles. The van der Waals surface area contributed by atoms with E-state index in [0.717, 1.165) is 148 Å². The fraction of sp³-hybridized carbons (Fsp3) is 0.671. The summed E-state index contributed by atoms with van der Waals surface area (Å²) in [5, 5.41) is 0. The van der Waals surface area contributed by atoms with Gasteiger partial charge in [0.15, 0.2) is 6.10 Å². The number of carbonyl (C=O) groups is 3. The van der Waals surface area contributed by atoms with Crippen LogP contribution in [0.1, 0.15) is 284 Å². The fourth-order valence-electron chi connectivity index (χ4n) is 8.43. The lowest BCUT2D eigenvalue weighted by Gasteiger charge is -2.18. The highest BCUT2D eigenvalue weighted by Crippen LogP contribution is 2.14. The molecule has 1 unspecified atom stereocenters. The monoisotopic (exact) mass is 1050 g/mol. The number of unbranched alkanes of at least 4 members (excludes halogenated alkanes) is 25. The molecule has 0 rings (SSSR count). The van der Waals surface area contributed by atoms with Crippen LogP contribution in [0.5, 0.6) is 0 Å². The Hall–Kier alpha value is -4.19.